The Bertz CT molecular complexity index is 83.7. The molecule has 0 spiro atoms. The second-order valence-electron chi connectivity index (χ2n) is 2.87. The van der Waals surface area contributed by atoms with Crippen molar-refractivity contribution >= 4 is 0 Å². The maximum atomic E-state index is 8.44. The zero-order chi connectivity index (χ0) is 8.04. The number of ether oxygens (including phenoxy) is 1. The minimum absolute atomic E-state index is 0.0774. The molecule has 0 saturated heterocycles. The first-order valence-corrected chi connectivity index (χ1v) is 3.57. The van der Waals surface area contributed by atoms with Gasteiger partial charge in [-0.2, -0.15) is 0 Å². The van der Waals surface area contributed by atoms with Gasteiger partial charge in [-0.3, -0.25) is 0 Å². The number of aliphatic hydroxyl groups excluding tert-OH is 1. The molecular weight excluding hydrogens is 130 g/mol. The molecule has 0 aliphatic heterocycles. The molecule has 0 bridgehead atoms. The van der Waals surface area contributed by atoms with Gasteiger partial charge in [0, 0.05) is 0 Å². The molecule has 0 unspecified atom stereocenters. The van der Waals surface area contributed by atoms with Gasteiger partial charge < -0.3 is 15.6 Å². The summed E-state index contributed by atoms with van der Waals surface area (Å²) in [6.45, 7) is 5.03. The van der Waals surface area contributed by atoms with Crippen molar-refractivity contribution in [1.82, 2.24) is 0 Å². The van der Waals surface area contributed by atoms with E-state index in [4.69, 9.17) is 15.6 Å². The normalized spacial score (nSPS) is 12.0. The summed E-state index contributed by atoms with van der Waals surface area (Å²) in [6.07, 6.45) is 0.826. The maximum Gasteiger partial charge on any atom is 0.0704 e. The Labute approximate surface area is 62.2 Å². The van der Waals surface area contributed by atoms with Crippen LogP contribution in [0.5, 0.6) is 0 Å². The van der Waals surface area contributed by atoms with E-state index in [1.54, 1.807) is 0 Å². The van der Waals surface area contributed by atoms with Crippen molar-refractivity contribution in [2.24, 2.45) is 5.73 Å². The van der Waals surface area contributed by atoms with E-state index in [0.29, 0.717) is 13.2 Å². The first-order valence-electron chi connectivity index (χ1n) is 3.57. The summed E-state index contributed by atoms with van der Waals surface area (Å²) >= 11 is 0. The maximum absolute atomic E-state index is 8.44. The Morgan fingerprint density at radius 2 is 2.10 bits per heavy atom. The van der Waals surface area contributed by atoms with Crippen LogP contribution in [0.25, 0.3) is 0 Å². The number of rotatable bonds is 5. The predicted octanol–water partition coefficient (Wildman–Crippen LogP) is 0.123. The molecule has 3 heteroatoms. The number of hydrogen-bond donors (Lipinski definition) is 2. The van der Waals surface area contributed by atoms with Crippen molar-refractivity contribution in [3.63, 3.8) is 0 Å². The van der Waals surface area contributed by atoms with E-state index in [1.165, 1.54) is 0 Å². The molecule has 0 saturated carbocycles. The molecule has 0 atom stereocenters. The van der Waals surface area contributed by atoms with E-state index in [1.807, 2.05) is 13.8 Å². The van der Waals surface area contributed by atoms with Gasteiger partial charge in [0.2, 0.25) is 0 Å². The fourth-order valence-electron chi connectivity index (χ4n) is 0.742. The lowest BCUT2D eigenvalue weighted by molar-refractivity contribution is -0.0363. The Balaban J connectivity index is 3.42. The minimum atomic E-state index is -0.183. The predicted molar refractivity (Wildman–Crippen MR) is 40.8 cm³/mol. The quantitative estimate of drug-likeness (QED) is 0.581. The van der Waals surface area contributed by atoms with Crippen molar-refractivity contribution in [3.8, 4) is 0 Å². The van der Waals surface area contributed by atoms with Crippen LogP contribution in [-0.4, -0.2) is 30.5 Å². The summed E-state index contributed by atoms with van der Waals surface area (Å²) in [6, 6.07) is 0. The fourth-order valence-corrected chi connectivity index (χ4v) is 0.742. The monoisotopic (exact) mass is 147 g/mol. The van der Waals surface area contributed by atoms with Crippen molar-refractivity contribution < 1.29 is 9.84 Å². The van der Waals surface area contributed by atoms with Crippen LogP contribution in [0.4, 0.5) is 0 Å². The lowest BCUT2D eigenvalue weighted by Gasteiger charge is -2.23. The van der Waals surface area contributed by atoms with Crippen molar-refractivity contribution in [2.75, 3.05) is 19.8 Å². The molecule has 10 heavy (non-hydrogen) atoms. The van der Waals surface area contributed by atoms with Crippen LogP contribution in [0.2, 0.25) is 0 Å². The van der Waals surface area contributed by atoms with Crippen molar-refractivity contribution in [2.45, 2.75) is 25.9 Å². The van der Waals surface area contributed by atoms with Crippen LogP contribution in [0, 0.1) is 0 Å². The standard InChI is InChI=1S/C7H17NO2/c1-7(2,3-4-8)10-6-5-9/h9H,3-6,8H2,1-2H3. The molecule has 0 heterocycles. The Morgan fingerprint density at radius 1 is 1.50 bits per heavy atom. The topological polar surface area (TPSA) is 55.5 Å². The van der Waals surface area contributed by atoms with Gasteiger partial charge in [-0.25, -0.2) is 0 Å². The second-order valence-corrected chi connectivity index (χ2v) is 2.87. The molecule has 3 nitrogen and oxygen atoms in total. The number of aliphatic hydroxyl groups is 1. The van der Waals surface area contributed by atoms with Gasteiger partial charge in [0.05, 0.1) is 18.8 Å². The summed E-state index contributed by atoms with van der Waals surface area (Å²) in [4.78, 5) is 0. The summed E-state index contributed by atoms with van der Waals surface area (Å²) < 4.78 is 5.29. The molecule has 0 radical (unpaired) electrons. The highest BCUT2D eigenvalue weighted by molar-refractivity contribution is 4.68. The van der Waals surface area contributed by atoms with Crippen LogP contribution in [0.3, 0.4) is 0 Å². The van der Waals surface area contributed by atoms with E-state index in [0.717, 1.165) is 6.42 Å². The zero-order valence-corrected chi connectivity index (χ0v) is 6.76. The van der Waals surface area contributed by atoms with E-state index in [9.17, 15) is 0 Å². The van der Waals surface area contributed by atoms with Crippen LogP contribution in [-0.2, 0) is 4.74 Å². The molecule has 0 aromatic rings. The molecule has 3 N–H and O–H groups in total. The van der Waals surface area contributed by atoms with E-state index < -0.39 is 0 Å². The second kappa shape index (κ2) is 4.66. The SMILES string of the molecule is CC(C)(CCN)OCCO. The molecule has 0 rings (SSSR count). The summed E-state index contributed by atoms with van der Waals surface area (Å²) in [7, 11) is 0. The molecule has 0 amide bonds. The third-order valence-electron chi connectivity index (χ3n) is 1.33. The van der Waals surface area contributed by atoms with Gasteiger partial charge in [0.15, 0.2) is 0 Å². The lowest BCUT2D eigenvalue weighted by atomic mass is 10.1. The van der Waals surface area contributed by atoms with Crippen LogP contribution >= 0.6 is 0 Å². The van der Waals surface area contributed by atoms with Crippen molar-refractivity contribution in [1.29, 1.82) is 0 Å². The van der Waals surface area contributed by atoms with Crippen molar-refractivity contribution in [3.05, 3.63) is 0 Å². The van der Waals surface area contributed by atoms with Crippen LogP contribution < -0.4 is 5.73 Å². The smallest absolute Gasteiger partial charge is 0.0704 e. The Morgan fingerprint density at radius 3 is 2.50 bits per heavy atom. The molecule has 0 aromatic heterocycles. The largest absolute Gasteiger partial charge is 0.394 e. The summed E-state index contributed by atoms with van der Waals surface area (Å²) in [5.41, 5.74) is 5.16. The third-order valence-corrected chi connectivity index (χ3v) is 1.33. The molecule has 0 aromatic carbocycles. The number of nitrogens with two attached hydrogens (primary N) is 1. The van der Waals surface area contributed by atoms with Gasteiger partial charge in [-0.15, -0.1) is 0 Å². The zero-order valence-electron chi connectivity index (χ0n) is 6.76. The fraction of sp³-hybridized carbons (Fsp3) is 1.00. The van der Waals surface area contributed by atoms with E-state index >= 15 is 0 Å². The summed E-state index contributed by atoms with van der Waals surface area (Å²) in [5, 5.41) is 8.44. The summed E-state index contributed by atoms with van der Waals surface area (Å²) in [5.74, 6) is 0. The van der Waals surface area contributed by atoms with E-state index in [2.05, 4.69) is 0 Å². The van der Waals surface area contributed by atoms with Gasteiger partial charge >= 0.3 is 0 Å². The highest BCUT2D eigenvalue weighted by Crippen LogP contribution is 2.12. The number of hydrogen-bond acceptors (Lipinski definition) is 3. The first-order chi connectivity index (χ1) is 4.62. The van der Waals surface area contributed by atoms with Gasteiger partial charge in [-0.1, -0.05) is 0 Å². The average Bonchev–Trinajstić information content (AvgIpc) is 1.84. The molecule has 0 fully saturated rings. The van der Waals surface area contributed by atoms with Crippen LogP contribution in [0.15, 0.2) is 0 Å². The van der Waals surface area contributed by atoms with Gasteiger partial charge in [0.25, 0.3) is 0 Å². The lowest BCUT2D eigenvalue weighted by Crippen LogP contribution is -2.28. The molecule has 0 aliphatic carbocycles. The Hall–Kier alpha value is -0.120. The molecule has 0 aliphatic rings. The average molecular weight is 147 g/mol. The van der Waals surface area contributed by atoms with Gasteiger partial charge in [0.1, 0.15) is 0 Å². The van der Waals surface area contributed by atoms with Crippen LogP contribution in [0.1, 0.15) is 20.3 Å². The third kappa shape index (κ3) is 4.73. The molecular formula is C7H17NO2. The van der Waals surface area contributed by atoms with Gasteiger partial charge in [-0.05, 0) is 26.8 Å². The first kappa shape index (κ1) is 9.88. The highest BCUT2D eigenvalue weighted by atomic mass is 16.5. The molecule has 62 valence electrons. The Kier molecular flexibility index (Phi) is 4.60. The van der Waals surface area contributed by atoms with E-state index in [-0.39, 0.29) is 12.2 Å². The highest BCUT2D eigenvalue weighted by Gasteiger charge is 2.15. The minimum Gasteiger partial charge on any atom is -0.394 e.